The van der Waals surface area contributed by atoms with Crippen molar-refractivity contribution in [2.45, 2.75) is 13.8 Å². The molecule has 0 aliphatic rings. The van der Waals surface area contributed by atoms with Gasteiger partial charge in [-0.3, -0.25) is 9.79 Å². The van der Waals surface area contributed by atoms with Gasteiger partial charge >= 0.3 is 0 Å². The zero-order valence-corrected chi connectivity index (χ0v) is 19.7. The number of aromatic hydroxyl groups is 1. The number of phenolic OH excluding ortho intramolecular Hbond substituents is 1. The van der Waals surface area contributed by atoms with Crippen LogP contribution in [0.3, 0.4) is 0 Å². The van der Waals surface area contributed by atoms with Crippen LogP contribution in [-0.2, 0) is 0 Å². The second-order valence-electron chi connectivity index (χ2n) is 5.99. The molecular weight excluding hydrogens is 499 g/mol. The molecule has 0 aromatic heterocycles. The van der Waals surface area contributed by atoms with Crippen LogP contribution in [0.4, 0.5) is 5.69 Å². The summed E-state index contributed by atoms with van der Waals surface area (Å²) >= 11 is 0. The van der Waals surface area contributed by atoms with Crippen LogP contribution < -0.4 is 25.4 Å². The molecule has 164 valence electrons. The first-order valence-electron chi connectivity index (χ1n) is 9.50. The van der Waals surface area contributed by atoms with Crippen molar-refractivity contribution in [2.24, 2.45) is 4.99 Å². The Morgan fingerprint density at radius 2 is 1.80 bits per heavy atom. The zero-order valence-electron chi connectivity index (χ0n) is 17.4. The van der Waals surface area contributed by atoms with Gasteiger partial charge < -0.3 is 30.5 Å². The molecule has 0 radical (unpaired) electrons. The highest BCUT2D eigenvalue weighted by Gasteiger charge is 2.07. The van der Waals surface area contributed by atoms with E-state index in [4.69, 9.17) is 9.47 Å². The number of methoxy groups -OCH3 is 1. The number of amides is 1. The Bertz CT molecular complexity index is 828. The van der Waals surface area contributed by atoms with Crippen LogP contribution in [0.5, 0.6) is 17.2 Å². The first-order chi connectivity index (χ1) is 14.1. The smallest absolute Gasteiger partial charge is 0.251 e. The number of benzene rings is 2. The molecule has 9 heteroatoms. The molecule has 2 aromatic carbocycles. The normalized spacial score (nSPS) is 10.6. The summed E-state index contributed by atoms with van der Waals surface area (Å²) in [5.74, 6) is 1.82. The first kappa shape index (κ1) is 25.3. The van der Waals surface area contributed by atoms with Gasteiger partial charge in [0.05, 0.1) is 20.3 Å². The number of aliphatic imine (C=N–C) groups is 1. The number of anilines is 1. The highest BCUT2D eigenvalue weighted by molar-refractivity contribution is 14.0. The topological polar surface area (TPSA) is 104 Å². The molecular formula is C21H29IN4O4. The van der Waals surface area contributed by atoms with Crippen LogP contribution >= 0.6 is 24.0 Å². The largest absolute Gasteiger partial charge is 0.508 e. The average molecular weight is 528 g/mol. The summed E-state index contributed by atoms with van der Waals surface area (Å²) in [6, 6.07) is 11.6. The minimum absolute atomic E-state index is 0. The van der Waals surface area contributed by atoms with Crippen molar-refractivity contribution in [3.05, 3.63) is 48.0 Å². The standard InChI is InChI=1S/C21H28N4O4.HI/c1-4-22-21(25-16-8-11-18(28-3)19(14-16)29-5-2)24-13-12-23-20(27)15-6-9-17(26)10-7-15;/h6-11,14,26H,4-5,12-13H2,1-3H3,(H,23,27)(H2,22,24,25);1H. The van der Waals surface area contributed by atoms with E-state index in [-0.39, 0.29) is 35.6 Å². The lowest BCUT2D eigenvalue weighted by Crippen LogP contribution is -2.32. The summed E-state index contributed by atoms with van der Waals surface area (Å²) in [5.41, 5.74) is 1.29. The number of carbonyl (C=O) groups excluding carboxylic acids is 1. The summed E-state index contributed by atoms with van der Waals surface area (Å²) in [7, 11) is 1.60. The SMILES string of the molecule is CCNC(=NCCNC(=O)c1ccc(O)cc1)Nc1ccc(OC)c(OCC)c1.I. The summed E-state index contributed by atoms with van der Waals surface area (Å²) < 4.78 is 10.9. The van der Waals surface area contributed by atoms with Crippen molar-refractivity contribution in [3.63, 3.8) is 0 Å². The third-order valence-corrected chi connectivity index (χ3v) is 3.87. The number of hydrogen-bond donors (Lipinski definition) is 4. The molecule has 0 unspecified atom stereocenters. The summed E-state index contributed by atoms with van der Waals surface area (Å²) in [4.78, 5) is 16.6. The monoisotopic (exact) mass is 528 g/mol. The fourth-order valence-electron chi connectivity index (χ4n) is 2.52. The maximum Gasteiger partial charge on any atom is 0.251 e. The molecule has 0 heterocycles. The Morgan fingerprint density at radius 1 is 1.07 bits per heavy atom. The van der Waals surface area contributed by atoms with Gasteiger partial charge in [0.25, 0.3) is 5.91 Å². The van der Waals surface area contributed by atoms with Gasteiger partial charge in [-0.25, -0.2) is 0 Å². The summed E-state index contributed by atoms with van der Waals surface area (Å²) in [6.45, 7) is 5.90. The quantitative estimate of drug-likeness (QED) is 0.173. The second-order valence-corrected chi connectivity index (χ2v) is 5.99. The van der Waals surface area contributed by atoms with Crippen molar-refractivity contribution in [1.82, 2.24) is 10.6 Å². The van der Waals surface area contributed by atoms with Crippen LogP contribution in [0.1, 0.15) is 24.2 Å². The van der Waals surface area contributed by atoms with Gasteiger partial charge in [0.15, 0.2) is 17.5 Å². The summed E-state index contributed by atoms with van der Waals surface area (Å²) in [5, 5.41) is 18.5. The van der Waals surface area contributed by atoms with Crippen LogP contribution in [0.25, 0.3) is 0 Å². The van der Waals surface area contributed by atoms with Gasteiger partial charge in [0.1, 0.15) is 5.75 Å². The van der Waals surface area contributed by atoms with Crippen LogP contribution in [0.2, 0.25) is 0 Å². The number of nitrogens with one attached hydrogen (secondary N) is 3. The molecule has 1 amide bonds. The molecule has 2 aromatic rings. The number of hydrogen-bond acceptors (Lipinski definition) is 5. The maximum atomic E-state index is 12.1. The Labute approximate surface area is 194 Å². The predicted octanol–water partition coefficient (Wildman–Crippen LogP) is 3.22. The number of rotatable bonds is 9. The fraction of sp³-hybridized carbons (Fsp3) is 0.333. The first-order valence-corrected chi connectivity index (χ1v) is 9.50. The number of guanidine groups is 1. The van der Waals surface area contributed by atoms with Crippen molar-refractivity contribution in [1.29, 1.82) is 0 Å². The van der Waals surface area contributed by atoms with Gasteiger partial charge in [-0.2, -0.15) is 0 Å². The average Bonchev–Trinajstić information content (AvgIpc) is 2.72. The van der Waals surface area contributed by atoms with E-state index in [2.05, 4.69) is 20.9 Å². The molecule has 0 saturated carbocycles. The number of carbonyl (C=O) groups is 1. The molecule has 4 N–H and O–H groups in total. The number of phenols is 1. The Morgan fingerprint density at radius 3 is 2.43 bits per heavy atom. The Hall–Kier alpha value is -2.69. The number of halogens is 1. The summed E-state index contributed by atoms with van der Waals surface area (Å²) in [6.07, 6.45) is 0. The van der Waals surface area contributed by atoms with E-state index in [1.807, 2.05) is 32.0 Å². The van der Waals surface area contributed by atoms with E-state index in [9.17, 15) is 9.90 Å². The Balaban J connectivity index is 0.00000450. The van der Waals surface area contributed by atoms with E-state index >= 15 is 0 Å². The lowest BCUT2D eigenvalue weighted by molar-refractivity contribution is 0.0955. The van der Waals surface area contributed by atoms with Crippen LogP contribution in [0, 0.1) is 0 Å². The molecule has 30 heavy (non-hydrogen) atoms. The second kappa shape index (κ2) is 13.5. The number of ether oxygens (including phenoxy) is 2. The molecule has 0 atom stereocenters. The maximum absolute atomic E-state index is 12.1. The third-order valence-electron chi connectivity index (χ3n) is 3.87. The van der Waals surface area contributed by atoms with Gasteiger partial charge in [0, 0.05) is 30.4 Å². The van der Waals surface area contributed by atoms with Gasteiger partial charge in [-0.1, -0.05) is 0 Å². The van der Waals surface area contributed by atoms with Crippen molar-refractivity contribution in [3.8, 4) is 17.2 Å². The van der Waals surface area contributed by atoms with Crippen molar-refractivity contribution in [2.75, 3.05) is 38.7 Å². The third kappa shape index (κ3) is 7.97. The predicted molar refractivity (Wildman–Crippen MR) is 130 cm³/mol. The molecule has 0 saturated heterocycles. The minimum atomic E-state index is -0.213. The van der Waals surface area contributed by atoms with Gasteiger partial charge in [-0.15, -0.1) is 24.0 Å². The fourth-order valence-corrected chi connectivity index (χ4v) is 2.52. The van der Waals surface area contributed by atoms with Gasteiger partial charge in [0.2, 0.25) is 0 Å². The van der Waals surface area contributed by atoms with E-state index in [0.29, 0.717) is 49.3 Å². The van der Waals surface area contributed by atoms with Crippen LogP contribution in [-0.4, -0.2) is 50.3 Å². The highest BCUT2D eigenvalue weighted by Crippen LogP contribution is 2.30. The molecule has 0 fully saturated rings. The Kier molecular flexibility index (Phi) is 11.4. The van der Waals surface area contributed by atoms with Crippen molar-refractivity contribution < 1.29 is 19.4 Å². The minimum Gasteiger partial charge on any atom is -0.508 e. The molecule has 0 bridgehead atoms. The van der Waals surface area contributed by atoms with E-state index in [1.165, 1.54) is 12.1 Å². The molecule has 0 aliphatic carbocycles. The lowest BCUT2D eigenvalue weighted by atomic mass is 10.2. The van der Waals surface area contributed by atoms with E-state index < -0.39 is 0 Å². The van der Waals surface area contributed by atoms with E-state index in [1.54, 1.807) is 19.2 Å². The van der Waals surface area contributed by atoms with Crippen LogP contribution in [0.15, 0.2) is 47.5 Å². The molecule has 0 spiro atoms. The molecule has 2 rings (SSSR count). The van der Waals surface area contributed by atoms with Crippen molar-refractivity contribution >= 4 is 41.5 Å². The van der Waals surface area contributed by atoms with Gasteiger partial charge in [-0.05, 0) is 50.2 Å². The number of nitrogens with zero attached hydrogens (tertiary/aromatic N) is 1. The molecule has 8 nitrogen and oxygen atoms in total. The zero-order chi connectivity index (χ0) is 21.1. The molecule has 0 aliphatic heterocycles. The lowest BCUT2D eigenvalue weighted by Gasteiger charge is -2.14. The van der Waals surface area contributed by atoms with E-state index in [0.717, 1.165) is 5.69 Å². The highest BCUT2D eigenvalue weighted by atomic mass is 127.